The normalized spacial score (nSPS) is 18.3. The number of rotatable bonds is 5. The van der Waals surface area contributed by atoms with Gasteiger partial charge >= 0.3 is 0 Å². The van der Waals surface area contributed by atoms with E-state index in [1.54, 1.807) is 30.1 Å². The molecule has 0 radical (unpaired) electrons. The Morgan fingerprint density at radius 2 is 2.27 bits per heavy atom. The topological polar surface area (TPSA) is 83.1 Å². The molecule has 0 bridgehead atoms. The van der Waals surface area contributed by atoms with Crippen LogP contribution in [0.5, 0.6) is 0 Å². The highest BCUT2D eigenvalue weighted by atomic mass is 32.2. The van der Waals surface area contributed by atoms with Crippen LogP contribution in [0.1, 0.15) is 17.9 Å². The van der Waals surface area contributed by atoms with Gasteiger partial charge in [-0.25, -0.2) is 13.4 Å². The Hall–Kier alpha value is -1.64. The third kappa shape index (κ3) is 2.94. The van der Waals surface area contributed by atoms with Gasteiger partial charge in [0.25, 0.3) is 10.0 Å². The van der Waals surface area contributed by atoms with E-state index in [-0.39, 0.29) is 4.90 Å². The zero-order valence-electron chi connectivity index (χ0n) is 12.2. The summed E-state index contributed by atoms with van der Waals surface area (Å²) in [6.45, 7) is 1.83. The lowest BCUT2D eigenvalue weighted by molar-refractivity contribution is 0.601. The molecule has 0 spiro atoms. The van der Waals surface area contributed by atoms with Crippen LogP contribution in [0.2, 0.25) is 0 Å². The van der Waals surface area contributed by atoms with Crippen molar-refractivity contribution < 1.29 is 8.42 Å². The van der Waals surface area contributed by atoms with Crippen LogP contribution in [0.15, 0.2) is 34.0 Å². The maximum atomic E-state index is 12.6. The van der Waals surface area contributed by atoms with Crippen molar-refractivity contribution in [3.8, 4) is 0 Å². The standard InChI is InChI=1S/C14H18N4O2S2/c1-15-14-11(10-5-6-16-7-10)3-2-4-12(14)22(19,20)18-13-8-21-9-17-13/h2-4,8-10,15-16,18H,5-7H2,1H3. The zero-order chi connectivity index (χ0) is 15.6. The summed E-state index contributed by atoms with van der Waals surface area (Å²) in [5.74, 6) is 0.678. The van der Waals surface area contributed by atoms with Crippen molar-refractivity contribution >= 4 is 32.9 Å². The largest absolute Gasteiger partial charge is 0.387 e. The van der Waals surface area contributed by atoms with E-state index >= 15 is 0 Å². The highest BCUT2D eigenvalue weighted by Gasteiger charge is 2.25. The lowest BCUT2D eigenvalue weighted by atomic mass is 9.96. The highest BCUT2D eigenvalue weighted by Crippen LogP contribution is 2.34. The Kier molecular flexibility index (Phi) is 4.32. The molecule has 0 amide bonds. The molecule has 1 aromatic heterocycles. The first kappa shape index (κ1) is 15.3. The van der Waals surface area contributed by atoms with Crippen molar-refractivity contribution in [3.05, 3.63) is 34.7 Å². The fraction of sp³-hybridized carbons (Fsp3) is 0.357. The van der Waals surface area contributed by atoms with Crippen LogP contribution < -0.4 is 15.4 Å². The van der Waals surface area contributed by atoms with E-state index in [0.717, 1.165) is 25.1 Å². The number of para-hydroxylation sites is 1. The van der Waals surface area contributed by atoms with Gasteiger partial charge in [0.2, 0.25) is 0 Å². The van der Waals surface area contributed by atoms with E-state index in [4.69, 9.17) is 0 Å². The maximum Gasteiger partial charge on any atom is 0.265 e. The van der Waals surface area contributed by atoms with Gasteiger partial charge in [-0.1, -0.05) is 12.1 Å². The van der Waals surface area contributed by atoms with Crippen LogP contribution in [-0.2, 0) is 10.0 Å². The zero-order valence-corrected chi connectivity index (χ0v) is 13.8. The van der Waals surface area contributed by atoms with Gasteiger partial charge in [-0.15, -0.1) is 11.3 Å². The lowest BCUT2D eigenvalue weighted by Crippen LogP contribution is -2.17. The summed E-state index contributed by atoms with van der Waals surface area (Å²) in [7, 11) is -1.91. The Balaban J connectivity index is 2.00. The molecule has 1 aromatic carbocycles. The minimum atomic E-state index is -3.67. The average Bonchev–Trinajstić information content (AvgIpc) is 3.19. The molecular formula is C14H18N4O2S2. The summed E-state index contributed by atoms with van der Waals surface area (Å²) in [5.41, 5.74) is 3.30. The summed E-state index contributed by atoms with van der Waals surface area (Å²) in [4.78, 5) is 4.24. The van der Waals surface area contributed by atoms with Gasteiger partial charge in [0.1, 0.15) is 4.90 Å². The molecule has 1 aliphatic rings. The van der Waals surface area contributed by atoms with Gasteiger partial charge in [-0.05, 0) is 30.5 Å². The molecule has 22 heavy (non-hydrogen) atoms. The van der Waals surface area contributed by atoms with Gasteiger partial charge in [0.05, 0.1) is 11.2 Å². The highest BCUT2D eigenvalue weighted by molar-refractivity contribution is 7.92. The number of benzene rings is 1. The summed E-state index contributed by atoms with van der Waals surface area (Å²) in [6.07, 6.45) is 1.01. The first-order chi connectivity index (χ1) is 10.6. The quantitative estimate of drug-likeness (QED) is 0.777. The fourth-order valence-electron chi connectivity index (χ4n) is 2.76. The van der Waals surface area contributed by atoms with Gasteiger partial charge in [0.15, 0.2) is 5.82 Å². The number of hydrogen-bond acceptors (Lipinski definition) is 6. The minimum Gasteiger partial charge on any atom is -0.387 e. The van der Waals surface area contributed by atoms with E-state index in [9.17, 15) is 8.42 Å². The molecule has 0 aliphatic carbocycles. The Bertz CT molecular complexity index is 738. The van der Waals surface area contributed by atoms with E-state index in [1.165, 1.54) is 11.3 Å². The number of anilines is 2. The molecule has 2 heterocycles. The van der Waals surface area contributed by atoms with E-state index in [1.807, 2.05) is 6.07 Å². The molecule has 1 fully saturated rings. The maximum absolute atomic E-state index is 12.6. The van der Waals surface area contributed by atoms with Crippen molar-refractivity contribution in [2.45, 2.75) is 17.2 Å². The predicted molar refractivity (Wildman–Crippen MR) is 89.1 cm³/mol. The molecule has 1 aliphatic heterocycles. The van der Waals surface area contributed by atoms with E-state index < -0.39 is 10.0 Å². The molecule has 6 nitrogen and oxygen atoms in total. The number of aromatic nitrogens is 1. The second-order valence-corrected chi connectivity index (χ2v) is 7.51. The Labute approximate surface area is 134 Å². The number of hydrogen-bond donors (Lipinski definition) is 3. The van der Waals surface area contributed by atoms with E-state index in [2.05, 4.69) is 20.3 Å². The second-order valence-electron chi connectivity index (χ2n) is 5.14. The predicted octanol–water partition coefficient (Wildman–Crippen LogP) is 2.06. The Morgan fingerprint density at radius 1 is 1.41 bits per heavy atom. The first-order valence-corrected chi connectivity index (χ1v) is 9.47. The van der Waals surface area contributed by atoms with Crippen LogP contribution >= 0.6 is 11.3 Å². The molecule has 2 aromatic rings. The van der Waals surface area contributed by atoms with Crippen molar-refractivity contribution in [3.63, 3.8) is 0 Å². The van der Waals surface area contributed by atoms with Crippen LogP contribution in [0.25, 0.3) is 0 Å². The third-order valence-corrected chi connectivity index (χ3v) is 5.75. The summed E-state index contributed by atoms with van der Waals surface area (Å²) >= 11 is 1.35. The van der Waals surface area contributed by atoms with Crippen molar-refractivity contribution in [1.82, 2.24) is 10.3 Å². The SMILES string of the molecule is CNc1c(C2CCNC2)cccc1S(=O)(=O)Nc1cscn1. The summed E-state index contributed by atoms with van der Waals surface area (Å²) in [6, 6.07) is 5.40. The lowest BCUT2D eigenvalue weighted by Gasteiger charge is -2.18. The minimum absolute atomic E-state index is 0.257. The van der Waals surface area contributed by atoms with Crippen molar-refractivity contribution in [2.75, 3.05) is 30.2 Å². The fourth-order valence-corrected chi connectivity index (χ4v) is 4.56. The summed E-state index contributed by atoms with van der Waals surface area (Å²) in [5, 5.41) is 8.05. The number of nitrogens with one attached hydrogen (secondary N) is 3. The molecule has 0 saturated carbocycles. The van der Waals surface area contributed by atoms with Gasteiger partial charge < -0.3 is 10.6 Å². The van der Waals surface area contributed by atoms with Crippen LogP contribution in [0, 0.1) is 0 Å². The molecule has 8 heteroatoms. The molecule has 118 valence electrons. The molecule has 1 saturated heterocycles. The first-order valence-electron chi connectivity index (χ1n) is 7.04. The second kappa shape index (κ2) is 6.23. The molecule has 3 rings (SSSR count). The monoisotopic (exact) mass is 338 g/mol. The summed E-state index contributed by atoms with van der Waals surface area (Å²) < 4.78 is 27.8. The number of thiazole rings is 1. The molecular weight excluding hydrogens is 320 g/mol. The Morgan fingerprint density at radius 3 is 2.91 bits per heavy atom. The molecule has 3 N–H and O–H groups in total. The number of sulfonamides is 1. The van der Waals surface area contributed by atoms with Crippen LogP contribution in [0.4, 0.5) is 11.5 Å². The van der Waals surface area contributed by atoms with Gasteiger partial charge in [0, 0.05) is 19.0 Å². The number of nitrogens with zero attached hydrogens (tertiary/aromatic N) is 1. The third-order valence-electron chi connectivity index (χ3n) is 3.77. The smallest absolute Gasteiger partial charge is 0.265 e. The van der Waals surface area contributed by atoms with Crippen molar-refractivity contribution in [1.29, 1.82) is 0 Å². The van der Waals surface area contributed by atoms with Crippen LogP contribution in [-0.4, -0.2) is 33.5 Å². The average molecular weight is 338 g/mol. The van der Waals surface area contributed by atoms with Crippen LogP contribution in [0.3, 0.4) is 0 Å². The van der Waals surface area contributed by atoms with Gasteiger partial charge in [-0.2, -0.15) is 0 Å². The molecule has 1 unspecified atom stereocenters. The van der Waals surface area contributed by atoms with Crippen molar-refractivity contribution in [2.24, 2.45) is 0 Å². The van der Waals surface area contributed by atoms with Gasteiger partial charge in [-0.3, -0.25) is 4.72 Å². The van der Waals surface area contributed by atoms with E-state index in [0.29, 0.717) is 17.4 Å². The molecule has 1 atom stereocenters.